The van der Waals surface area contributed by atoms with Crippen LogP contribution in [0.5, 0.6) is 0 Å². The number of aromatic nitrogens is 3. The van der Waals surface area contributed by atoms with Gasteiger partial charge in [-0.1, -0.05) is 17.3 Å². The maximum atomic E-state index is 12.7. The van der Waals surface area contributed by atoms with Crippen LogP contribution in [-0.2, 0) is 27.2 Å². The lowest BCUT2D eigenvalue weighted by Gasteiger charge is -2.35. The highest BCUT2D eigenvalue weighted by atomic mass is 32.2. The summed E-state index contributed by atoms with van der Waals surface area (Å²) >= 11 is 0. The molecule has 0 unspecified atom stereocenters. The first-order valence-electron chi connectivity index (χ1n) is 11.2. The van der Waals surface area contributed by atoms with Crippen LogP contribution in [0.2, 0.25) is 0 Å². The molecule has 3 aromatic rings. The Morgan fingerprint density at radius 3 is 2.25 bits per heavy atom. The third-order valence-corrected chi connectivity index (χ3v) is 8.03. The smallest absolute Gasteiger partial charge is 0.353 e. The number of pyridine rings is 1. The molecule has 0 bridgehead atoms. The van der Waals surface area contributed by atoms with Crippen LogP contribution >= 0.6 is 0 Å². The van der Waals surface area contributed by atoms with E-state index in [4.69, 9.17) is 0 Å². The second-order valence-corrected chi connectivity index (χ2v) is 11.1. The Balaban J connectivity index is 1.32. The molecule has 2 aromatic heterocycles. The first-order chi connectivity index (χ1) is 16.9. The van der Waals surface area contributed by atoms with E-state index in [1.807, 2.05) is 4.90 Å². The number of alkyl halides is 3. The zero-order valence-corrected chi connectivity index (χ0v) is 20.4. The molecule has 4 rings (SSSR count). The molecular formula is C23H24F3N5O4S. The van der Waals surface area contributed by atoms with Crippen molar-refractivity contribution in [1.82, 2.24) is 20.0 Å². The summed E-state index contributed by atoms with van der Waals surface area (Å²) in [5, 5.41) is 2.83. The quantitative estimate of drug-likeness (QED) is 0.485. The highest BCUT2D eigenvalue weighted by Gasteiger charge is 2.38. The minimum Gasteiger partial charge on any atom is -0.353 e. The highest BCUT2D eigenvalue weighted by molar-refractivity contribution is 7.92. The summed E-state index contributed by atoms with van der Waals surface area (Å²) in [6.45, 7) is 5.26. The lowest BCUT2D eigenvalue weighted by atomic mass is 10.1. The number of carbonyl (C=O) groups is 1. The van der Waals surface area contributed by atoms with Crippen molar-refractivity contribution in [3.05, 3.63) is 54.0 Å². The Hall–Kier alpha value is -3.48. The summed E-state index contributed by atoms with van der Waals surface area (Å²) in [5.41, 5.74) is 1.02. The predicted octanol–water partition coefficient (Wildman–Crippen LogP) is 3.22. The molecule has 1 fully saturated rings. The van der Waals surface area contributed by atoms with E-state index in [1.54, 1.807) is 43.0 Å². The Morgan fingerprint density at radius 1 is 1.06 bits per heavy atom. The van der Waals surface area contributed by atoms with E-state index < -0.39 is 27.2 Å². The number of carbonyl (C=O) groups excluding carboxylic acids is 1. The molecule has 36 heavy (non-hydrogen) atoms. The van der Waals surface area contributed by atoms with Crippen molar-refractivity contribution in [2.75, 3.05) is 31.1 Å². The van der Waals surface area contributed by atoms with E-state index in [1.165, 1.54) is 18.3 Å². The van der Waals surface area contributed by atoms with Crippen molar-refractivity contribution in [2.45, 2.75) is 36.6 Å². The average molecular weight is 524 g/mol. The molecule has 0 aliphatic carbocycles. The first kappa shape index (κ1) is 25.6. The number of nitrogens with zero attached hydrogens (tertiary/aromatic N) is 5. The average Bonchev–Trinajstić information content (AvgIpc) is 3.36. The minimum atomic E-state index is -4.71. The van der Waals surface area contributed by atoms with Gasteiger partial charge in [0.05, 0.1) is 16.6 Å². The standard InChI is InChI=1S/C23H24F3N5O4S/c1-15(2)36(33,34)18-6-3-16(4-7-18)13-20(32)31-11-9-30(10-12-31)19-8-5-17(14-27-19)21-28-22(35-29-21)23(24,25)26/h3-8,14-15H,9-13H2,1-2H3. The maximum Gasteiger partial charge on any atom is 0.471 e. The lowest BCUT2D eigenvalue weighted by Crippen LogP contribution is -2.49. The van der Waals surface area contributed by atoms with Gasteiger partial charge in [-0.2, -0.15) is 18.2 Å². The summed E-state index contributed by atoms with van der Waals surface area (Å²) < 4.78 is 66.7. The number of anilines is 1. The number of rotatable bonds is 6. The van der Waals surface area contributed by atoms with Gasteiger partial charge in [-0.15, -0.1) is 0 Å². The summed E-state index contributed by atoms with van der Waals surface area (Å²) in [4.78, 5) is 24.3. The van der Waals surface area contributed by atoms with Gasteiger partial charge in [-0.3, -0.25) is 4.79 Å². The number of sulfone groups is 1. The van der Waals surface area contributed by atoms with Crippen molar-refractivity contribution in [1.29, 1.82) is 0 Å². The molecular weight excluding hydrogens is 499 g/mol. The van der Waals surface area contributed by atoms with Crippen LogP contribution in [0.15, 0.2) is 52.0 Å². The van der Waals surface area contributed by atoms with Gasteiger partial charge in [-0.25, -0.2) is 13.4 Å². The van der Waals surface area contributed by atoms with Crippen LogP contribution in [-0.4, -0.2) is 65.8 Å². The summed E-state index contributed by atoms with van der Waals surface area (Å²) in [6, 6.07) is 9.61. The molecule has 3 heterocycles. The topological polar surface area (TPSA) is 110 Å². The van der Waals surface area contributed by atoms with Gasteiger partial charge in [0.15, 0.2) is 9.84 Å². The summed E-state index contributed by atoms with van der Waals surface area (Å²) in [6.07, 6.45) is -3.17. The van der Waals surface area contributed by atoms with E-state index in [0.717, 1.165) is 5.56 Å². The molecule has 1 aromatic carbocycles. The molecule has 0 atom stereocenters. The van der Waals surface area contributed by atoms with Gasteiger partial charge in [-0.05, 0) is 43.7 Å². The molecule has 0 saturated carbocycles. The Kier molecular flexibility index (Phi) is 7.03. The fourth-order valence-electron chi connectivity index (χ4n) is 3.70. The fraction of sp³-hybridized carbons (Fsp3) is 0.391. The van der Waals surface area contributed by atoms with Gasteiger partial charge in [0, 0.05) is 37.9 Å². The monoisotopic (exact) mass is 523 g/mol. The molecule has 1 amide bonds. The molecule has 0 N–H and O–H groups in total. The molecule has 9 nitrogen and oxygen atoms in total. The highest BCUT2D eigenvalue weighted by Crippen LogP contribution is 2.29. The summed E-state index contributed by atoms with van der Waals surface area (Å²) in [5.74, 6) is -1.06. The van der Waals surface area contributed by atoms with E-state index in [2.05, 4.69) is 19.6 Å². The third kappa shape index (κ3) is 5.50. The van der Waals surface area contributed by atoms with Crippen LogP contribution < -0.4 is 4.90 Å². The third-order valence-electron chi connectivity index (χ3n) is 5.86. The van der Waals surface area contributed by atoms with E-state index in [0.29, 0.717) is 37.6 Å². The van der Waals surface area contributed by atoms with Crippen molar-refractivity contribution in [3.63, 3.8) is 0 Å². The van der Waals surface area contributed by atoms with Gasteiger partial charge in [0.25, 0.3) is 0 Å². The van der Waals surface area contributed by atoms with Crippen LogP contribution in [0.1, 0.15) is 25.3 Å². The number of benzene rings is 1. The molecule has 192 valence electrons. The summed E-state index contributed by atoms with van der Waals surface area (Å²) in [7, 11) is -3.36. The van der Waals surface area contributed by atoms with Crippen LogP contribution in [0, 0.1) is 0 Å². The number of hydrogen-bond acceptors (Lipinski definition) is 8. The maximum absolute atomic E-state index is 12.7. The number of hydrogen-bond donors (Lipinski definition) is 0. The Morgan fingerprint density at radius 2 is 1.72 bits per heavy atom. The van der Waals surface area contributed by atoms with Gasteiger partial charge in [0.2, 0.25) is 11.7 Å². The molecule has 1 saturated heterocycles. The lowest BCUT2D eigenvalue weighted by molar-refractivity contribution is -0.159. The Bertz CT molecular complexity index is 1320. The van der Waals surface area contributed by atoms with Crippen molar-refractivity contribution < 1.29 is 30.9 Å². The van der Waals surface area contributed by atoms with Crippen LogP contribution in [0.4, 0.5) is 19.0 Å². The van der Waals surface area contributed by atoms with E-state index in [-0.39, 0.29) is 23.0 Å². The van der Waals surface area contributed by atoms with Crippen molar-refractivity contribution in [3.8, 4) is 11.4 Å². The molecule has 1 aliphatic rings. The van der Waals surface area contributed by atoms with E-state index >= 15 is 0 Å². The Labute approximate surface area is 205 Å². The van der Waals surface area contributed by atoms with Crippen LogP contribution in [0.25, 0.3) is 11.4 Å². The second-order valence-electron chi connectivity index (χ2n) is 8.61. The largest absolute Gasteiger partial charge is 0.471 e. The molecule has 1 aliphatic heterocycles. The van der Waals surface area contributed by atoms with Gasteiger partial charge in [0.1, 0.15) is 5.82 Å². The molecule has 0 radical (unpaired) electrons. The number of halogens is 3. The van der Waals surface area contributed by atoms with Gasteiger partial charge >= 0.3 is 12.1 Å². The minimum absolute atomic E-state index is 0.0602. The van der Waals surface area contributed by atoms with Crippen molar-refractivity contribution >= 4 is 21.6 Å². The number of piperazine rings is 1. The SMILES string of the molecule is CC(C)S(=O)(=O)c1ccc(CC(=O)N2CCN(c3ccc(-c4noc(C(F)(F)F)n4)cn3)CC2)cc1. The normalized spacial score (nSPS) is 14.9. The number of amides is 1. The fourth-order valence-corrected chi connectivity index (χ4v) is 4.76. The van der Waals surface area contributed by atoms with Gasteiger partial charge < -0.3 is 14.3 Å². The predicted molar refractivity (Wildman–Crippen MR) is 124 cm³/mol. The molecule has 13 heteroatoms. The van der Waals surface area contributed by atoms with E-state index in [9.17, 15) is 26.4 Å². The van der Waals surface area contributed by atoms with Crippen molar-refractivity contribution in [2.24, 2.45) is 0 Å². The second kappa shape index (κ2) is 9.88. The zero-order chi connectivity index (χ0) is 26.1. The van der Waals surface area contributed by atoms with Crippen LogP contribution in [0.3, 0.4) is 0 Å². The zero-order valence-electron chi connectivity index (χ0n) is 19.6. The molecule has 0 spiro atoms. The first-order valence-corrected chi connectivity index (χ1v) is 12.7.